The standard InChI is InChI=1S/C13H9N3O4S/c17-13(18)12-10(9-3-1-2-4-11(9)21-12)7-15-6-8(5-14-15)16(19)20/h1-6H,7H2,(H,17,18). The van der Waals surface area contributed by atoms with E-state index in [1.807, 2.05) is 24.3 Å². The molecule has 0 atom stereocenters. The summed E-state index contributed by atoms with van der Waals surface area (Å²) in [5, 5.41) is 24.7. The van der Waals surface area contributed by atoms with Crippen molar-refractivity contribution in [3.8, 4) is 0 Å². The van der Waals surface area contributed by atoms with Crippen molar-refractivity contribution in [2.24, 2.45) is 0 Å². The number of aromatic nitrogens is 2. The molecule has 0 unspecified atom stereocenters. The Balaban J connectivity index is 2.07. The molecule has 0 saturated carbocycles. The van der Waals surface area contributed by atoms with Gasteiger partial charge in [-0.3, -0.25) is 14.8 Å². The number of nitro groups is 1. The summed E-state index contributed by atoms with van der Waals surface area (Å²) < 4.78 is 2.24. The van der Waals surface area contributed by atoms with Crippen molar-refractivity contribution in [1.82, 2.24) is 9.78 Å². The van der Waals surface area contributed by atoms with Crippen molar-refractivity contribution in [2.45, 2.75) is 6.54 Å². The molecule has 8 heteroatoms. The molecule has 2 aromatic heterocycles. The van der Waals surface area contributed by atoms with Gasteiger partial charge >= 0.3 is 11.7 Å². The molecule has 1 N–H and O–H groups in total. The molecule has 0 spiro atoms. The quantitative estimate of drug-likeness (QED) is 0.590. The summed E-state index contributed by atoms with van der Waals surface area (Å²) in [7, 11) is 0. The van der Waals surface area contributed by atoms with E-state index in [0.29, 0.717) is 5.56 Å². The Morgan fingerprint density at radius 1 is 1.43 bits per heavy atom. The Kier molecular flexibility index (Phi) is 3.15. The van der Waals surface area contributed by atoms with E-state index in [-0.39, 0.29) is 17.1 Å². The fourth-order valence-electron chi connectivity index (χ4n) is 2.12. The lowest BCUT2D eigenvalue weighted by molar-refractivity contribution is -0.385. The van der Waals surface area contributed by atoms with Crippen molar-refractivity contribution in [2.75, 3.05) is 0 Å². The van der Waals surface area contributed by atoms with Gasteiger partial charge in [0.25, 0.3) is 0 Å². The highest BCUT2D eigenvalue weighted by Crippen LogP contribution is 2.32. The lowest BCUT2D eigenvalue weighted by Crippen LogP contribution is -2.04. The van der Waals surface area contributed by atoms with Gasteiger partial charge < -0.3 is 5.11 Å². The van der Waals surface area contributed by atoms with E-state index in [4.69, 9.17) is 0 Å². The second kappa shape index (κ2) is 4.98. The lowest BCUT2D eigenvalue weighted by atomic mass is 10.1. The molecule has 0 amide bonds. The minimum atomic E-state index is -1.01. The molecule has 3 aromatic rings. The van der Waals surface area contributed by atoms with Crippen LogP contribution in [0, 0.1) is 10.1 Å². The Morgan fingerprint density at radius 2 is 2.19 bits per heavy atom. The van der Waals surface area contributed by atoms with Gasteiger partial charge in [-0.15, -0.1) is 11.3 Å². The summed E-state index contributed by atoms with van der Waals surface area (Å²) in [6.07, 6.45) is 2.44. The Hall–Kier alpha value is -2.74. The van der Waals surface area contributed by atoms with Crippen molar-refractivity contribution in [3.05, 3.63) is 57.2 Å². The summed E-state index contributed by atoms with van der Waals surface area (Å²) >= 11 is 1.19. The SMILES string of the molecule is O=C(O)c1sc2ccccc2c1Cn1cc([N+](=O)[O-])cn1. The first-order valence-electron chi connectivity index (χ1n) is 5.97. The smallest absolute Gasteiger partial charge is 0.346 e. The fourth-order valence-corrected chi connectivity index (χ4v) is 3.18. The molecule has 0 fully saturated rings. The van der Waals surface area contributed by atoms with Crippen molar-refractivity contribution in [1.29, 1.82) is 0 Å². The first kappa shape index (κ1) is 13.3. The second-order valence-corrected chi connectivity index (χ2v) is 5.42. The van der Waals surface area contributed by atoms with Crippen molar-refractivity contribution < 1.29 is 14.8 Å². The third kappa shape index (κ3) is 2.36. The van der Waals surface area contributed by atoms with Crippen LogP contribution in [0.1, 0.15) is 15.2 Å². The van der Waals surface area contributed by atoms with E-state index in [9.17, 15) is 20.0 Å². The van der Waals surface area contributed by atoms with Gasteiger partial charge in [0, 0.05) is 10.3 Å². The molecule has 7 nitrogen and oxygen atoms in total. The van der Waals surface area contributed by atoms with Crippen LogP contribution >= 0.6 is 11.3 Å². The minimum absolute atomic E-state index is 0.119. The molecule has 106 valence electrons. The molecular weight excluding hydrogens is 294 g/mol. The summed E-state index contributed by atoms with van der Waals surface area (Å²) in [5.41, 5.74) is 0.493. The predicted octanol–water partition coefficient (Wildman–Crippen LogP) is 2.75. The first-order valence-corrected chi connectivity index (χ1v) is 6.78. The highest BCUT2D eigenvalue weighted by molar-refractivity contribution is 7.21. The predicted molar refractivity (Wildman–Crippen MR) is 76.8 cm³/mol. The van der Waals surface area contributed by atoms with Crippen LogP contribution in [0.15, 0.2) is 36.7 Å². The third-order valence-electron chi connectivity index (χ3n) is 3.04. The molecule has 0 aliphatic heterocycles. The molecule has 0 radical (unpaired) electrons. The van der Waals surface area contributed by atoms with Gasteiger partial charge in [0.2, 0.25) is 0 Å². The number of nitrogens with zero attached hydrogens (tertiary/aromatic N) is 3. The van der Waals surface area contributed by atoms with Crippen LogP contribution in [-0.2, 0) is 6.54 Å². The molecule has 0 saturated heterocycles. The summed E-state index contributed by atoms with van der Waals surface area (Å²) in [6, 6.07) is 7.36. The zero-order valence-corrected chi connectivity index (χ0v) is 11.4. The van der Waals surface area contributed by atoms with Crippen LogP contribution in [0.2, 0.25) is 0 Å². The highest BCUT2D eigenvalue weighted by Gasteiger charge is 2.19. The fraction of sp³-hybridized carbons (Fsp3) is 0.0769. The van der Waals surface area contributed by atoms with Gasteiger partial charge in [0.1, 0.15) is 17.3 Å². The lowest BCUT2D eigenvalue weighted by Gasteiger charge is -2.02. The van der Waals surface area contributed by atoms with E-state index in [1.54, 1.807) is 0 Å². The average molecular weight is 303 g/mol. The number of hydrogen-bond acceptors (Lipinski definition) is 5. The molecule has 0 aliphatic rings. The third-order valence-corrected chi connectivity index (χ3v) is 4.24. The van der Waals surface area contributed by atoms with Gasteiger partial charge in [0.15, 0.2) is 0 Å². The number of benzene rings is 1. The summed E-state index contributed by atoms with van der Waals surface area (Å²) in [6.45, 7) is 0.180. The molecule has 0 bridgehead atoms. The van der Waals surface area contributed by atoms with Crippen molar-refractivity contribution >= 4 is 33.1 Å². The van der Waals surface area contributed by atoms with E-state index < -0.39 is 10.9 Å². The van der Waals surface area contributed by atoms with E-state index in [1.165, 1.54) is 22.2 Å². The molecule has 1 aromatic carbocycles. The molecule has 2 heterocycles. The van der Waals surface area contributed by atoms with Crippen molar-refractivity contribution in [3.63, 3.8) is 0 Å². The van der Waals surface area contributed by atoms with Crippen LogP contribution < -0.4 is 0 Å². The monoisotopic (exact) mass is 303 g/mol. The van der Waals surface area contributed by atoms with Gasteiger partial charge in [-0.1, -0.05) is 18.2 Å². The number of rotatable bonds is 4. The maximum Gasteiger partial charge on any atom is 0.346 e. The number of hydrogen-bond donors (Lipinski definition) is 1. The van der Waals surface area contributed by atoms with Gasteiger partial charge in [0.05, 0.1) is 11.5 Å². The number of carboxylic acids is 1. The number of thiophene rings is 1. The largest absolute Gasteiger partial charge is 0.477 e. The minimum Gasteiger partial charge on any atom is -0.477 e. The Labute approximate surface area is 122 Å². The van der Waals surface area contributed by atoms with Crippen LogP contribution in [-0.4, -0.2) is 25.8 Å². The number of fused-ring (bicyclic) bond motifs is 1. The molecule has 3 rings (SSSR count). The Bertz CT molecular complexity index is 852. The maximum atomic E-state index is 11.4. The summed E-state index contributed by atoms with van der Waals surface area (Å²) in [5.74, 6) is -1.01. The second-order valence-electron chi connectivity index (χ2n) is 4.36. The Morgan fingerprint density at radius 3 is 2.86 bits per heavy atom. The number of aromatic carboxylic acids is 1. The van der Waals surface area contributed by atoms with E-state index in [0.717, 1.165) is 16.3 Å². The zero-order valence-electron chi connectivity index (χ0n) is 10.6. The zero-order chi connectivity index (χ0) is 15.0. The highest BCUT2D eigenvalue weighted by atomic mass is 32.1. The van der Waals surface area contributed by atoms with E-state index in [2.05, 4.69) is 5.10 Å². The molecule has 21 heavy (non-hydrogen) atoms. The normalized spacial score (nSPS) is 10.9. The maximum absolute atomic E-state index is 11.4. The van der Waals surface area contributed by atoms with Gasteiger partial charge in [-0.2, -0.15) is 5.10 Å². The topological polar surface area (TPSA) is 98.3 Å². The van der Waals surface area contributed by atoms with E-state index >= 15 is 0 Å². The molecule has 0 aliphatic carbocycles. The number of carbonyl (C=O) groups is 1. The summed E-state index contributed by atoms with van der Waals surface area (Å²) in [4.78, 5) is 21.7. The van der Waals surface area contributed by atoms with Crippen LogP contribution in [0.4, 0.5) is 5.69 Å². The van der Waals surface area contributed by atoms with Crippen LogP contribution in [0.5, 0.6) is 0 Å². The first-order chi connectivity index (χ1) is 10.1. The van der Waals surface area contributed by atoms with Crippen LogP contribution in [0.3, 0.4) is 0 Å². The van der Waals surface area contributed by atoms with Crippen LogP contribution in [0.25, 0.3) is 10.1 Å². The van der Waals surface area contributed by atoms with Gasteiger partial charge in [-0.25, -0.2) is 4.79 Å². The molecular formula is C13H9N3O4S. The average Bonchev–Trinajstić information content (AvgIpc) is 3.05. The van der Waals surface area contributed by atoms with Gasteiger partial charge in [-0.05, 0) is 11.5 Å². The number of carboxylic acid groups (broad SMARTS) is 1.